The van der Waals surface area contributed by atoms with Crippen molar-refractivity contribution in [2.75, 3.05) is 5.32 Å². The number of hydrogen-bond donors (Lipinski definition) is 2. The van der Waals surface area contributed by atoms with Gasteiger partial charge in [0.2, 0.25) is 0 Å². The van der Waals surface area contributed by atoms with Crippen LogP contribution in [0, 0.1) is 10.1 Å². The summed E-state index contributed by atoms with van der Waals surface area (Å²) in [4.78, 5) is 36.9. The maximum atomic E-state index is 11.9. The van der Waals surface area contributed by atoms with Crippen LogP contribution >= 0.6 is 0 Å². The molecule has 10 nitrogen and oxygen atoms in total. The lowest BCUT2D eigenvalue weighted by Gasteiger charge is -2.07. The SMILES string of the molecule is Cn1nc(C(=O)Nc2cc([N+](=O)[O-])ccc2O)ccc1=O.c1ccncc1. The average molecular weight is 369 g/mol. The molecular weight excluding hydrogens is 354 g/mol. The van der Waals surface area contributed by atoms with Gasteiger partial charge in [0, 0.05) is 37.6 Å². The first kappa shape index (κ1) is 19.2. The molecule has 2 heterocycles. The minimum absolute atomic E-state index is 0.0667. The minimum Gasteiger partial charge on any atom is -0.506 e. The summed E-state index contributed by atoms with van der Waals surface area (Å²) in [5, 5.41) is 26.3. The molecule has 2 aromatic heterocycles. The zero-order chi connectivity index (χ0) is 19.8. The van der Waals surface area contributed by atoms with E-state index in [-0.39, 0.29) is 28.4 Å². The lowest BCUT2D eigenvalue weighted by molar-refractivity contribution is -0.384. The van der Waals surface area contributed by atoms with Crippen LogP contribution in [0.5, 0.6) is 5.75 Å². The first-order chi connectivity index (χ1) is 12.9. The minimum atomic E-state index is -0.707. The summed E-state index contributed by atoms with van der Waals surface area (Å²) in [6.45, 7) is 0. The molecule has 0 aliphatic rings. The first-order valence-electron chi connectivity index (χ1n) is 7.56. The van der Waals surface area contributed by atoms with Crippen molar-refractivity contribution < 1.29 is 14.8 Å². The van der Waals surface area contributed by atoms with Crippen LogP contribution in [-0.4, -0.2) is 30.7 Å². The number of nitro groups is 1. The Morgan fingerprint density at radius 3 is 2.41 bits per heavy atom. The number of nitrogens with zero attached hydrogens (tertiary/aromatic N) is 4. The highest BCUT2D eigenvalue weighted by molar-refractivity contribution is 6.03. The fourth-order valence-corrected chi connectivity index (χ4v) is 1.86. The number of rotatable bonds is 3. The van der Waals surface area contributed by atoms with E-state index < -0.39 is 10.8 Å². The Kier molecular flexibility index (Phi) is 6.31. The highest BCUT2D eigenvalue weighted by Crippen LogP contribution is 2.27. The average Bonchev–Trinajstić information content (AvgIpc) is 2.67. The number of aromatic nitrogens is 3. The second-order valence-corrected chi connectivity index (χ2v) is 5.12. The van der Waals surface area contributed by atoms with Gasteiger partial charge in [-0.05, 0) is 24.3 Å². The van der Waals surface area contributed by atoms with Crippen molar-refractivity contribution in [3.63, 3.8) is 0 Å². The van der Waals surface area contributed by atoms with Gasteiger partial charge in [0.15, 0.2) is 0 Å². The van der Waals surface area contributed by atoms with Gasteiger partial charge in [0.05, 0.1) is 10.6 Å². The molecule has 3 rings (SSSR count). The fourth-order valence-electron chi connectivity index (χ4n) is 1.86. The number of amides is 1. The number of phenolic OH excluding ortho intramolecular Hbond substituents is 1. The number of hydrogen-bond acceptors (Lipinski definition) is 7. The van der Waals surface area contributed by atoms with Crippen molar-refractivity contribution in [1.29, 1.82) is 0 Å². The molecule has 27 heavy (non-hydrogen) atoms. The Morgan fingerprint density at radius 1 is 1.19 bits per heavy atom. The van der Waals surface area contributed by atoms with Gasteiger partial charge in [0.25, 0.3) is 17.2 Å². The molecule has 2 N–H and O–H groups in total. The Morgan fingerprint density at radius 2 is 1.89 bits per heavy atom. The number of pyridine rings is 1. The zero-order valence-corrected chi connectivity index (χ0v) is 14.1. The molecule has 0 saturated heterocycles. The van der Waals surface area contributed by atoms with Crippen LogP contribution in [-0.2, 0) is 7.05 Å². The third-order valence-electron chi connectivity index (χ3n) is 3.20. The van der Waals surface area contributed by atoms with Gasteiger partial charge in [-0.15, -0.1) is 0 Å². The molecule has 10 heteroatoms. The number of aryl methyl sites for hydroxylation is 1. The van der Waals surface area contributed by atoms with Crippen LogP contribution in [0.25, 0.3) is 0 Å². The molecule has 0 bridgehead atoms. The summed E-state index contributed by atoms with van der Waals surface area (Å²) < 4.78 is 0.974. The Labute approximate surface area is 152 Å². The predicted molar refractivity (Wildman–Crippen MR) is 96.4 cm³/mol. The highest BCUT2D eigenvalue weighted by atomic mass is 16.6. The van der Waals surface area contributed by atoms with E-state index in [0.29, 0.717) is 0 Å². The van der Waals surface area contributed by atoms with Crippen LogP contribution in [0.4, 0.5) is 11.4 Å². The van der Waals surface area contributed by atoms with Crippen molar-refractivity contribution >= 4 is 17.3 Å². The second kappa shape index (κ2) is 8.85. The smallest absolute Gasteiger partial charge is 0.276 e. The third kappa shape index (κ3) is 5.46. The number of carbonyl (C=O) groups excluding carboxylic acids is 1. The molecule has 0 unspecified atom stereocenters. The Balaban J connectivity index is 0.000000369. The van der Waals surface area contributed by atoms with E-state index in [1.807, 2.05) is 18.2 Å². The van der Waals surface area contributed by atoms with E-state index in [9.17, 15) is 24.8 Å². The van der Waals surface area contributed by atoms with Crippen molar-refractivity contribution in [2.24, 2.45) is 7.05 Å². The number of phenols is 1. The fraction of sp³-hybridized carbons (Fsp3) is 0.0588. The maximum absolute atomic E-state index is 11.9. The van der Waals surface area contributed by atoms with E-state index in [1.54, 1.807) is 12.4 Å². The lowest BCUT2D eigenvalue weighted by atomic mass is 10.2. The summed E-state index contributed by atoms with van der Waals surface area (Å²) in [6, 6.07) is 11.3. The van der Waals surface area contributed by atoms with Crippen LogP contribution < -0.4 is 10.9 Å². The topological polar surface area (TPSA) is 140 Å². The van der Waals surface area contributed by atoms with Gasteiger partial charge in [-0.3, -0.25) is 24.7 Å². The van der Waals surface area contributed by atoms with E-state index >= 15 is 0 Å². The Bertz CT molecular complexity index is 977. The number of non-ortho nitro benzene ring substituents is 1. The molecule has 0 atom stereocenters. The van der Waals surface area contributed by atoms with Crippen LogP contribution in [0.2, 0.25) is 0 Å². The van der Waals surface area contributed by atoms with E-state index in [1.165, 1.54) is 13.1 Å². The molecule has 0 saturated carbocycles. The summed E-state index contributed by atoms with van der Waals surface area (Å²) >= 11 is 0. The quantitative estimate of drug-likeness (QED) is 0.407. The maximum Gasteiger partial charge on any atom is 0.276 e. The van der Waals surface area contributed by atoms with E-state index in [2.05, 4.69) is 15.4 Å². The van der Waals surface area contributed by atoms with Crippen molar-refractivity contribution in [3.8, 4) is 5.75 Å². The predicted octanol–water partition coefficient (Wildman–Crippen LogP) is 1.73. The number of nitrogens with one attached hydrogen (secondary N) is 1. The van der Waals surface area contributed by atoms with E-state index in [0.717, 1.165) is 28.9 Å². The largest absolute Gasteiger partial charge is 0.506 e. The number of benzene rings is 1. The summed E-state index contributed by atoms with van der Waals surface area (Å²) in [5.74, 6) is -1.03. The molecule has 0 aliphatic heterocycles. The van der Waals surface area contributed by atoms with E-state index in [4.69, 9.17) is 0 Å². The van der Waals surface area contributed by atoms with Crippen molar-refractivity contribution in [2.45, 2.75) is 0 Å². The monoisotopic (exact) mass is 369 g/mol. The van der Waals surface area contributed by atoms with Gasteiger partial charge >= 0.3 is 0 Å². The number of nitro benzene ring substituents is 1. The highest BCUT2D eigenvalue weighted by Gasteiger charge is 2.15. The number of carbonyl (C=O) groups is 1. The molecule has 0 radical (unpaired) electrons. The molecular formula is C17H15N5O5. The molecule has 138 valence electrons. The van der Waals surface area contributed by atoms with Crippen LogP contribution in [0.3, 0.4) is 0 Å². The zero-order valence-electron chi connectivity index (χ0n) is 14.1. The molecule has 0 spiro atoms. The Hall–Kier alpha value is -4.08. The van der Waals surface area contributed by atoms with Crippen LogP contribution in [0.15, 0.2) is 65.7 Å². The summed E-state index contributed by atoms with van der Waals surface area (Å²) in [7, 11) is 1.38. The normalized spacial score (nSPS) is 9.67. The van der Waals surface area contributed by atoms with Crippen molar-refractivity contribution in [3.05, 3.63) is 87.1 Å². The molecule has 3 aromatic rings. The second-order valence-electron chi connectivity index (χ2n) is 5.12. The van der Waals surface area contributed by atoms with Crippen molar-refractivity contribution in [1.82, 2.24) is 14.8 Å². The number of aromatic hydroxyl groups is 1. The van der Waals surface area contributed by atoms with Gasteiger partial charge in [-0.1, -0.05) is 6.07 Å². The van der Waals surface area contributed by atoms with Gasteiger partial charge in [-0.25, -0.2) is 4.68 Å². The molecule has 0 aliphatic carbocycles. The van der Waals surface area contributed by atoms with Crippen LogP contribution in [0.1, 0.15) is 10.5 Å². The molecule has 1 amide bonds. The standard InChI is InChI=1S/C12H10N4O5.C5H5N/c1-15-11(18)5-3-8(14-15)12(19)13-9-6-7(16(20)21)2-4-10(9)17;1-2-4-6-5-3-1/h2-6,17H,1H3,(H,13,19);1-5H. The van der Waals surface area contributed by atoms with Gasteiger partial charge in [0.1, 0.15) is 11.4 Å². The van der Waals surface area contributed by atoms with Gasteiger partial charge in [-0.2, -0.15) is 5.10 Å². The third-order valence-corrected chi connectivity index (χ3v) is 3.20. The number of anilines is 1. The summed E-state index contributed by atoms with van der Waals surface area (Å²) in [6.07, 6.45) is 3.50. The molecule has 0 fully saturated rings. The lowest BCUT2D eigenvalue weighted by Crippen LogP contribution is -2.23. The molecule has 1 aromatic carbocycles. The van der Waals surface area contributed by atoms with Gasteiger partial charge < -0.3 is 10.4 Å². The summed E-state index contributed by atoms with van der Waals surface area (Å²) in [5.41, 5.74) is -0.853. The first-order valence-corrected chi connectivity index (χ1v) is 7.56.